The summed E-state index contributed by atoms with van der Waals surface area (Å²) in [6.45, 7) is 7.49. The molecule has 0 saturated heterocycles. The van der Waals surface area contributed by atoms with E-state index in [9.17, 15) is 9.59 Å². The van der Waals surface area contributed by atoms with Gasteiger partial charge in [-0.15, -0.1) is 0 Å². The van der Waals surface area contributed by atoms with Crippen LogP contribution in [0.15, 0.2) is 47.5 Å². The van der Waals surface area contributed by atoms with Gasteiger partial charge in [0.15, 0.2) is 11.5 Å². The van der Waals surface area contributed by atoms with Crippen molar-refractivity contribution in [2.75, 3.05) is 32.6 Å². The Morgan fingerprint density at radius 1 is 1.09 bits per heavy atom. The third-order valence-electron chi connectivity index (χ3n) is 5.64. The lowest BCUT2D eigenvalue weighted by molar-refractivity contribution is -0.116. The monoisotopic (exact) mass is 452 g/mol. The second-order valence-electron chi connectivity index (χ2n) is 7.78. The quantitative estimate of drug-likeness (QED) is 0.478. The number of rotatable bonds is 11. The van der Waals surface area contributed by atoms with Gasteiger partial charge in [0.25, 0.3) is 5.56 Å². The van der Waals surface area contributed by atoms with Crippen LogP contribution in [0.1, 0.15) is 32.3 Å². The molecular formula is C25H32N4O4. The minimum Gasteiger partial charge on any atom is -0.493 e. The summed E-state index contributed by atoms with van der Waals surface area (Å²) >= 11 is 0. The molecule has 0 unspecified atom stereocenters. The Morgan fingerprint density at radius 2 is 1.82 bits per heavy atom. The molecule has 0 radical (unpaired) electrons. The summed E-state index contributed by atoms with van der Waals surface area (Å²) in [5.74, 6) is 0.917. The van der Waals surface area contributed by atoms with Gasteiger partial charge < -0.3 is 14.8 Å². The van der Waals surface area contributed by atoms with Gasteiger partial charge in [0.1, 0.15) is 0 Å². The second kappa shape index (κ2) is 11.5. The molecule has 8 nitrogen and oxygen atoms in total. The molecule has 0 bridgehead atoms. The number of aromatic nitrogens is 2. The van der Waals surface area contributed by atoms with Crippen LogP contribution in [0.3, 0.4) is 0 Å². The van der Waals surface area contributed by atoms with Crippen LogP contribution in [0.2, 0.25) is 0 Å². The average Bonchev–Trinajstić information content (AvgIpc) is 2.83. The topological polar surface area (TPSA) is 85.7 Å². The first-order valence-corrected chi connectivity index (χ1v) is 11.2. The van der Waals surface area contributed by atoms with Gasteiger partial charge in [-0.05, 0) is 43.3 Å². The molecule has 33 heavy (non-hydrogen) atoms. The molecular weight excluding hydrogens is 420 g/mol. The molecule has 3 rings (SSSR count). The number of carbonyl (C=O) groups is 1. The van der Waals surface area contributed by atoms with E-state index in [4.69, 9.17) is 9.47 Å². The van der Waals surface area contributed by atoms with Crippen molar-refractivity contribution in [3.63, 3.8) is 0 Å². The molecule has 0 atom stereocenters. The Morgan fingerprint density at radius 3 is 2.52 bits per heavy atom. The van der Waals surface area contributed by atoms with Crippen molar-refractivity contribution in [2.24, 2.45) is 0 Å². The number of methoxy groups -OCH3 is 2. The number of benzene rings is 2. The highest BCUT2D eigenvalue weighted by atomic mass is 16.5. The van der Waals surface area contributed by atoms with E-state index in [1.54, 1.807) is 12.1 Å². The van der Waals surface area contributed by atoms with Crippen LogP contribution in [0.5, 0.6) is 11.5 Å². The largest absolute Gasteiger partial charge is 0.493 e. The van der Waals surface area contributed by atoms with E-state index in [2.05, 4.69) is 35.1 Å². The predicted octanol–water partition coefficient (Wildman–Crippen LogP) is 3.67. The van der Waals surface area contributed by atoms with Crippen molar-refractivity contribution in [1.82, 2.24) is 14.5 Å². The number of aryl methyl sites for hydroxylation is 1. The fraction of sp³-hybridized carbons (Fsp3) is 0.400. The highest BCUT2D eigenvalue weighted by Gasteiger charge is 2.12. The summed E-state index contributed by atoms with van der Waals surface area (Å²) in [5, 5.41) is 3.41. The SMILES string of the molecule is CCN(CC)Cc1cccc(NC(=O)CCCn2cnc3cc(OC)c(OC)cc3c2=O)c1. The van der Waals surface area contributed by atoms with Gasteiger partial charge in [0.2, 0.25) is 5.91 Å². The van der Waals surface area contributed by atoms with E-state index >= 15 is 0 Å². The van der Waals surface area contributed by atoms with E-state index in [1.807, 2.05) is 18.2 Å². The number of hydrogen-bond acceptors (Lipinski definition) is 6. The molecule has 1 amide bonds. The summed E-state index contributed by atoms with van der Waals surface area (Å²) < 4.78 is 12.1. The molecule has 0 aliphatic carbocycles. The third kappa shape index (κ3) is 6.10. The van der Waals surface area contributed by atoms with Gasteiger partial charge in [0.05, 0.1) is 31.4 Å². The molecule has 176 valence electrons. The Bertz CT molecular complexity index is 1150. The first-order chi connectivity index (χ1) is 16.0. The molecule has 0 aliphatic rings. The van der Waals surface area contributed by atoms with Crippen molar-refractivity contribution in [3.8, 4) is 11.5 Å². The molecule has 8 heteroatoms. The van der Waals surface area contributed by atoms with E-state index < -0.39 is 0 Å². The lowest BCUT2D eigenvalue weighted by Crippen LogP contribution is -2.22. The lowest BCUT2D eigenvalue weighted by atomic mass is 10.1. The molecule has 3 aromatic rings. The van der Waals surface area contributed by atoms with Crippen LogP contribution in [0.25, 0.3) is 10.9 Å². The van der Waals surface area contributed by atoms with Gasteiger partial charge in [-0.2, -0.15) is 0 Å². The maximum absolute atomic E-state index is 12.9. The molecule has 0 aliphatic heterocycles. The van der Waals surface area contributed by atoms with Gasteiger partial charge in [0, 0.05) is 31.3 Å². The molecule has 0 fully saturated rings. The zero-order valence-electron chi connectivity index (χ0n) is 19.8. The molecule has 1 N–H and O–H groups in total. The van der Waals surface area contributed by atoms with Crippen molar-refractivity contribution < 1.29 is 14.3 Å². The normalized spacial score (nSPS) is 11.1. The van der Waals surface area contributed by atoms with Crippen LogP contribution < -0.4 is 20.3 Å². The van der Waals surface area contributed by atoms with Crippen molar-refractivity contribution in [1.29, 1.82) is 0 Å². The Hall–Kier alpha value is -3.39. The van der Waals surface area contributed by atoms with Gasteiger partial charge >= 0.3 is 0 Å². The number of carbonyl (C=O) groups excluding carboxylic acids is 1. The third-order valence-corrected chi connectivity index (χ3v) is 5.64. The standard InChI is InChI=1S/C25H32N4O4/c1-5-28(6-2)16-18-9-7-10-19(13-18)27-24(30)11-8-12-29-17-26-21-15-23(33-4)22(32-3)14-20(21)25(29)31/h7,9-10,13-15,17H,5-6,8,11-12,16H2,1-4H3,(H,27,30). The van der Waals surface area contributed by atoms with E-state index in [0.29, 0.717) is 41.8 Å². The van der Waals surface area contributed by atoms with Gasteiger partial charge in [-0.3, -0.25) is 19.1 Å². The Balaban J connectivity index is 1.60. The molecule has 2 aromatic carbocycles. The fourth-order valence-electron chi connectivity index (χ4n) is 3.73. The van der Waals surface area contributed by atoms with Crippen molar-refractivity contribution in [2.45, 2.75) is 39.8 Å². The van der Waals surface area contributed by atoms with Crippen LogP contribution in [-0.4, -0.2) is 47.7 Å². The minimum absolute atomic E-state index is 0.0804. The number of fused-ring (bicyclic) bond motifs is 1. The predicted molar refractivity (Wildman–Crippen MR) is 130 cm³/mol. The van der Waals surface area contributed by atoms with Crippen molar-refractivity contribution in [3.05, 3.63) is 58.6 Å². The molecule has 0 spiro atoms. The zero-order chi connectivity index (χ0) is 23.8. The summed E-state index contributed by atoms with van der Waals surface area (Å²) in [6, 6.07) is 11.2. The number of anilines is 1. The molecule has 1 heterocycles. The van der Waals surface area contributed by atoms with E-state index in [0.717, 1.165) is 30.9 Å². The highest BCUT2D eigenvalue weighted by molar-refractivity contribution is 5.90. The highest BCUT2D eigenvalue weighted by Crippen LogP contribution is 2.29. The van der Waals surface area contributed by atoms with Crippen LogP contribution in [-0.2, 0) is 17.9 Å². The summed E-state index contributed by atoms with van der Waals surface area (Å²) in [7, 11) is 3.06. The van der Waals surface area contributed by atoms with Gasteiger partial charge in [-0.1, -0.05) is 26.0 Å². The van der Waals surface area contributed by atoms with Crippen LogP contribution >= 0.6 is 0 Å². The molecule has 1 aromatic heterocycles. The summed E-state index contributed by atoms with van der Waals surface area (Å²) in [6.07, 6.45) is 2.33. The van der Waals surface area contributed by atoms with Gasteiger partial charge in [-0.25, -0.2) is 4.98 Å². The number of nitrogens with zero attached hydrogens (tertiary/aromatic N) is 3. The van der Waals surface area contributed by atoms with Crippen LogP contribution in [0.4, 0.5) is 5.69 Å². The Labute approximate surface area is 194 Å². The summed E-state index contributed by atoms with van der Waals surface area (Å²) in [4.78, 5) is 32.0. The van der Waals surface area contributed by atoms with Crippen LogP contribution in [0, 0.1) is 0 Å². The maximum atomic E-state index is 12.9. The average molecular weight is 453 g/mol. The maximum Gasteiger partial charge on any atom is 0.261 e. The first-order valence-electron chi connectivity index (χ1n) is 11.2. The van der Waals surface area contributed by atoms with E-state index in [-0.39, 0.29) is 11.5 Å². The van der Waals surface area contributed by atoms with Crippen molar-refractivity contribution >= 4 is 22.5 Å². The Kier molecular flexibility index (Phi) is 8.43. The number of ether oxygens (including phenoxy) is 2. The van der Waals surface area contributed by atoms with E-state index in [1.165, 1.54) is 25.1 Å². The zero-order valence-corrected chi connectivity index (χ0v) is 19.8. The summed E-state index contributed by atoms with van der Waals surface area (Å²) in [5.41, 5.74) is 2.31. The number of amides is 1. The minimum atomic E-state index is -0.175. The smallest absolute Gasteiger partial charge is 0.261 e. The number of hydrogen-bond donors (Lipinski definition) is 1. The molecule has 0 saturated carbocycles. The lowest BCUT2D eigenvalue weighted by Gasteiger charge is -2.18. The number of nitrogens with one attached hydrogen (secondary N) is 1. The second-order valence-corrected chi connectivity index (χ2v) is 7.78. The first kappa shape index (κ1) is 24.3. The fourth-order valence-corrected chi connectivity index (χ4v) is 3.73.